The van der Waals surface area contributed by atoms with Crippen molar-refractivity contribution in [1.82, 2.24) is 9.62 Å². The summed E-state index contributed by atoms with van der Waals surface area (Å²) in [5.41, 5.74) is 0. The van der Waals surface area contributed by atoms with E-state index >= 15 is 0 Å². The first-order chi connectivity index (χ1) is 11.5. The van der Waals surface area contributed by atoms with Crippen LogP contribution in [-0.2, 0) is 14.8 Å². The van der Waals surface area contributed by atoms with Gasteiger partial charge in [0.05, 0.1) is 6.54 Å². The number of sulfonamides is 1. The normalized spacial score (nSPS) is 21.5. The number of nitrogens with one attached hydrogen (secondary N) is 1. The van der Waals surface area contributed by atoms with Gasteiger partial charge in [-0.05, 0) is 23.6 Å². The molecule has 1 aliphatic heterocycles. The third-order valence-corrected chi connectivity index (χ3v) is 7.12. The molecule has 1 N–H and O–H groups in total. The summed E-state index contributed by atoms with van der Waals surface area (Å²) >= 11 is 1.14. The first-order valence-electron chi connectivity index (χ1n) is 7.51. The van der Waals surface area contributed by atoms with E-state index in [4.69, 9.17) is 4.74 Å². The smallest absolute Gasteiger partial charge is 0.253 e. The van der Waals surface area contributed by atoms with Gasteiger partial charge in [0.25, 0.3) is 10.0 Å². The van der Waals surface area contributed by atoms with Gasteiger partial charge in [0.2, 0.25) is 5.91 Å². The van der Waals surface area contributed by atoms with Gasteiger partial charge in [0.15, 0.2) is 0 Å². The second kappa shape index (κ2) is 6.92. The lowest BCUT2D eigenvalue weighted by Gasteiger charge is -2.21. The summed E-state index contributed by atoms with van der Waals surface area (Å²) in [6, 6.07) is 11.7. The fourth-order valence-corrected chi connectivity index (χ4v) is 5.49. The highest BCUT2D eigenvalue weighted by Crippen LogP contribution is 2.30. The highest BCUT2D eigenvalue weighted by atomic mass is 32.2. The number of para-hydroxylation sites is 1. The molecule has 1 saturated heterocycles. The first kappa shape index (κ1) is 16.9. The molecule has 8 heteroatoms. The Morgan fingerprint density at radius 3 is 2.62 bits per heavy atom. The lowest BCUT2D eigenvalue weighted by atomic mass is 10.2. The highest BCUT2D eigenvalue weighted by molar-refractivity contribution is 7.91. The molecule has 24 heavy (non-hydrogen) atoms. The van der Waals surface area contributed by atoms with Crippen molar-refractivity contribution in [3.63, 3.8) is 0 Å². The number of benzene rings is 1. The Bertz CT molecular complexity index is 791. The van der Waals surface area contributed by atoms with Gasteiger partial charge in [0, 0.05) is 13.5 Å². The van der Waals surface area contributed by atoms with E-state index in [1.165, 1.54) is 11.4 Å². The fourth-order valence-electron chi connectivity index (χ4n) is 2.74. The minimum absolute atomic E-state index is 0.146. The number of rotatable bonds is 5. The quantitative estimate of drug-likeness (QED) is 0.874. The summed E-state index contributed by atoms with van der Waals surface area (Å²) < 4.78 is 33.0. The van der Waals surface area contributed by atoms with Crippen LogP contribution in [0.1, 0.15) is 6.42 Å². The molecule has 6 nitrogen and oxygen atoms in total. The molecule has 0 saturated carbocycles. The van der Waals surface area contributed by atoms with Gasteiger partial charge in [-0.3, -0.25) is 4.79 Å². The standard InChI is InChI=1S/C16H18N2O4S2/c1-17-16(19)14-10-13(22-12-6-3-2-4-7-12)11-18(14)24(20,21)15-8-5-9-23-15/h2-9,13-14H,10-11H2,1H3,(H,17,19)/t13-,14-/m0/s1. The van der Waals surface area contributed by atoms with Crippen LogP contribution in [0, 0.1) is 0 Å². The molecule has 1 aromatic heterocycles. The molecule has 1 amide bonds. The van der Waals surface area contributed by atoms with E-state index in [1.54, 1.807) is 17.5 Å². The minimum Gasteiger partial charge on any atom is -0.489 e. The number of likely N-dealkylation sites (N-methyl/N-ethyl adjacent to an activating group) is 1. The van der Waals surface area contributed by atoms with Crippen molar-refractivity contribution in [2.75, 3.05) is 13.6 Å². The Morgan fingerprint density at radius 1 is 1.25 bits per heavy atom. The number of carbonyl (C=O) groups is 1. The van der Waals surface area contributed by atoms with Gasteiger partial charge < -0.3 is 10.1 Å². The van der Waals surface area contributed by atoms with Crippen LogP contribution in [0.2, 0.25) is 0 Å². The molecule has 128 valence electrons. The maximum atomic E-state index is 12.8. The van der Waals surface area contributed by atoms with Crippen LogP contribution in [-0.4, -0.2) is 44.4 Å². The van der Waals surface area contributed by atoms with Crippen molar-refractivity contribution in [3.05, 3.63) is 47.8 Å². The van der Waals surface area contributed by atoms with Crippen LogP contribution in [0.4, 0.5) is 0 Å². The molecule has 3 rings (SSSR count). The number of nitrogens with zero attached hydrogens (tertiary/aromatic N) is 1. The maximum Gasteiger partial charge on any atom is 0.253 e. The second-order valence-electron chi connectivity index (χ2n) is 5.43. The van der Waals surface area contributed by atoms with Crippen LogP contribution in [0.15, 0.2) is 52.1 Å². The van der Waals surface area contributed by atoms with E-state index in [0.29, 0.717) is 12.2 Å². The summed E-state index contributed by atoms with van der Waals surface area (Å²) in [6.45, 7) is 0.146. The summed E-state index contributed by atoms with van der Waals surface area (Å²) in [5, 5.41) is 4.25. The van der Waals surface area contributed by atoms with Crippen molar-refractivity contribution in [2.24, 2.45) is 0 Å². The van der Waals surface area contributed by atoms with Crippen molar-refractivity contribution in [2.45, 2.75) is 22.8 Å². The lowest BCUT2D eigenvalue weighted by molar-refractivity contribution is -0.123. The second-order valence-corrected chi connectivity index (χ2v) is 8.49. The molecule has 2 atom stereocenters. The summed E-state index contributed by atoms with van der Waals surface area (Å²) in [4.78, 5) is 12.2. The van der Waals surface area contributed by atoms with Crippen molar-refractivity contribution < 1.29 is 17.9 Å². The number of ether oxygens (including phenoxy) is 1. The van der Waals surface area contributed by atoms with Crippen molar-refractivity contribution in [3.8, 4) is 5.75 Å². The summed E-state index contributed by atoms with van der Waals surface area (Å²) in [5.74, 6) is 0.336. The zero-order chi connectivity index (χ0) is 17.2. The van der Waals surface area contributed by atoms with Gasteiger partial charge in [0.1, 0.15) is 22.1 Å². The largest absolute Gasteiger partial charge is 0.489 e. The molecule has 0 radical (unpaired) electrons. The molecule has 0 unspecified atom stereocenters. The molecule has 0 aliphatic carbocycles. The fraction of sp³-hybridized carbons (Fsp3) is 0.312. The van der Waals surface area contributed by atoms with Gasteiger partial charge >= 0.3 is 0 Å². The Kier molecular flexibility index (Phi) is 4.88. The van der Waals surface area contributed by atoms with Crippen LogP contribution in [0.3, 0.4) is 0 Å². The number of carbonyl (C=O) groups excluding carboxylic acids is 1. The Hall–Kier alpha value is -1.90. The Balaban J connectivity index is 1.85. The van der Waals surface area contributed by atoms with E-state index in [2.05, 4.69) is 5.32 Å². The van der Waals surface area contributed by atoms with Crippen molar-refractivity contribution >= 4 is 27.3 Å². The van der Waals surface area contributed by atoms with Crippen molar-refractivity contribution in [1.29, 1.82) is 0 Å². The Labute approximate surface area is 145 Å². The highest BCUT2D eigenvalue weighted by Gasteiger charge is 2.45. The Morgan fingerprint density at radius 2 is 2.00 bits per heavy atom. The van der Waals surface area contributed by atoms with E-state index < -0.39 is 16.1 Å². The molecule has 1 aliphatic rings. The van der Waals surface area contributed by atoms with E-state index in [9.17, 15) is 13.2 Å². The van der Waals surface area contributed by atoms with E-state index in [0.717, 1.165) is 11.3 Å². The monoisotopic (exact) mass is 366 g/mol. The molecule has 2 heterocycles. The third kappa shape index (κ3) is 3.31. The summed E-state index contributed by atoms with van der Waals surface area (Å²) in [7, 11) is -2.21. The van der Waals surface area contributed by atoms with Crippen LogP contribution in [0.5, 0.6) is 5.75 Å². The van der Waals surface area contributed by atoms with Gasteiger partial charge in [-0.25, -0.2) is 8.42 Å². The van der Waals surface area contributed by atoms with E-state index in [1.807, 2.05) is 30.3 Å². The molecule has 1 aromatic carbocycles. The minimum atomic E-state index is -3.71. The molecule has 2 aromatic rings. The van der Waals surface area contributed by atoms with Gasteiger partial charge in [-0.1, -0.05) is 24.3 Å². The summed E-state index contributed by atoms with van der Waals surface area (Å²) in [6.07, 6.45) is -0.0523. The number of hydrogen-bond acceptors (Lipinski definition) is 5. The number of thiophene rings is 1. The SMILES string of the molecule is CNC(=O)[C@@H]1C[C@H](Oc2ccccc2)CN1S(=O)(=O)c1cccs1. The van der Waals surface area contributed by atoms with Gasteiger partial charge in [-0.15, -0.1) is 11.3 Å². The number of hydrogen-bond donors (Lipinski definition) is 1. The molecular weight excluding hydrogens is 348 g/mol. The van der Waals surface area contributed by atoms with Gasteiger partial charge in [-0.2, -0.15) is 4.31 Å². The zero-order valence-corrected chi connectivity index (χ0v) is 14.7. The molecule has 0 spiro atoms. The average Bonchev–Trinajstić information content (AvgIpc) is 3.25. The molecule has 0 bridgehead atoms. The first-order valence-corrected chi connectivity index (χ1v) is 9.83. The predicted molar refractivity (Wildman–Crippen MR) is 91.5 cm³/mol. The maximum absolute atomic E-state index is 12.8. The van der Waals surface area contributed by atoms with Crippen LogP contribution in [0.25, 0.3) is 0 Å². The zero-order valence-electron chi connectivity index (χ0n) is 13.1. The van der Waals surface area contributed by atoms with E-state index in [-0.39, 0.29) is 22.8 Å². The average molecular weight is 366 g/mol. The van der Waals surface area contributed by atoms with Crippen LogP contribution >= 0.6 is 11.3 Å². The topological polar surface area (TPSA) is 75.7 Å². The number of amides is 1. The lowest BCUT2D eigenvalue weighted by Crippen LogP contribution is -2.44. The van der Waals surface area contributed by atoms with Crippen LogP contribution < -0.4 is 10.1 Å². The molecular formula is C16H18N2O4S2. The third-order valence-electron chi connectivity index (χ3n) is 3.87. The predicted octanol–water partition coefficient (Wildman–Crippen LogP) is 1.70. The molecule has 1 fully saturated rings.